The van der Waals surface area contributed by atoms with Crippen molar-refractivity contribution in [1.29, 1.82) is 0 Å². The van der Waals surface area contributed by atoms with E-state index in [1.54, 1.807) is 103 Å². The number of rotatable bonds is 7. The van der Waals surface area contributed by atoms with Gasteiger partial charge in [0.1, 0.15) is 0 Å². The normalized spacial score (nSPS) is 20.5. The topological polar surface area (TPSA) is 43.4 Å². The standard InChI is InChI=1S/C25H26F3O3PS2/c1-33-24-19-11-18-23(24)32(20-12-5-2-6-13-20,21-14-7-3-8-15-21,22-16-9-4-10-17-22)31-34(29,30)25(26,27)28/h2-10,12-17,23-24H,11,18-19H2,1H3. The molecule has 0 aliphatic heterocycles. The van der Waals surface area contributed by atoms with Gasteiger partial charge in [0, 0.05) is 0 Å². The van der Waals surface area contributed by atoms with Gasteiger partial charge in [-0.2, -0.15) is 0 Å². The van der Waals surface area contributed by atoms with Crippen molar-refractivity contribution in [2.45, 2.75) is 35.7 Å². The molecular weight excluding hydrogens is 500 g/mol. The van der Waals surface area contributed by atoms with Crippen molar-refractivity contribution in [3.63, 3.8) is 0 Å². The summed E-state index contributed by atoms with van der Waals surface area (Å²) in [5.74, 6) is 0. The van der Waals surface area contributed by atoms with Crippen molar-refractivity contribution < 1.29 is 25.6 Å². The van der Waals surface area contributed by atoms with Crippen molar-refractivity contribution in [2.75, 3.05) is 6.26 Å². The molecule has 3 aromatic carbocycles. The van der Waals surface area contributed by atoms with Crippen molar-refractivity contribution >= 4 is 44.6 Å². The molecule has 0 N–H and O–H groups in total. The van der Waals surface area contributed by atoms with Gasteiger partial charge in [0.15, 0.2) is 0 Å². The average Bonchev–Trinajstić information content (AvgIpc) is 3.34. The maximum atomic E-state index is 14.0. The van der Waals surface area contributed by atoms with Gasteiger partial charge in [-0.1, -0.05) is 0 Å². The fraction of sp³-hybridized carbons (Fsp3) is 0.280. The second-order valence-corrected chi connectivity index (χ2v) is 15.8. The number of hydrogen-bond donors (Lipinski definition) is 0. The summed E-state index contributed by atoms with van der Waals surface area (Å²) in [6, 6.07) is 26.0. The van der Waals surface area contributed by atoms with Crippen LogP contribution in [0.25, 0.3) is 0 Å². The zero-order valence-electron chi connectivity index (χ0n) is 18.6. The summed E-state index contributed by atoms with van der Waals surface area (Å²) in [5, 5.41) is 1.35. The Morgan fingerprint density at radius 1 is 0.794 bits per heavy atom. The molecule has 4 rings (SSSR count). The van der Waals surface area contributed by atoms with E-state index >= 15 is 0 Å². The molecule has 1 aliphatic carbocycles. The van der Waals surface area contributed by atoms with E-state index in [2.05, 4.69) is 0 Å². The van der Waals surface area contributed by atoms with Gasteiger partial charge in [-0.15, -0.1) is 0 Å². The molecule has 1 aliphatic rings. The van der Waals surface area contributed by atoms with Crippen LogP contribution in [0.3, 0.4) is 0 Å². The van der Waals surface area contributed by atoms with Gasteiger partial charge < -0.3 is 0 Å². The van der Waals surface area contributed by atoms with Gasteiger partial charge in [0.05, 0.1) is 0 Å². The molecule has 2 atom stereocenters. The first-order valence-electron chi connectivity index (χ1n) is 10.9. The Bertz CT molecular complexity index is 1120. The van der Waals surface area contributed by atoms with Gasteiger partial charge in [-0.25, -0.2) is 0 Å². The second-order valence-electron chi connectivity index (χ2n) is 8.36. The molecule has 3 aromatic rings. The first-order valence-corrected chi connectivity index (χ1v) is 15.8. The Morgan fingerprint density at radius 3 is 1.56 bits per heavy atom. The molecule has 1 fully saturated rings. The van der Waals surface area contributed by atoms with E-state index in [0.29, 0.717) is 22.3 Å². The van der Waals surface area contributed by atoms with Crippen LogP contribution >= 0.6 is 18.6 Å². The van der Waals surface area contributed by atoms with E-state index in [1.807, 2.05) is 6.26 Å². The summed E-state index contributed by atoms with van der Waals surface area (Å²) in [4.78, 5) is 0. The van der Waals surface area contributed by atoms with Gasteiger partial charge in [0.25, 0.3) is 0 Å². The van der Waals surface area contributed by atoms with E-state index in [9.17, 15) is 21.6 Å². The van der Waals surface area contributed by atoms with E-state index in [1.165, 1.54) is 0 Å². The quantitative estimate of drug-likeness (QED) is 0.298. The van der Waals surface area contributed by atoms with E-state index in [0.717, 1.165) is 12.8 Å². The first-order chi connectivity index (χ1) is 16.2. The number of benzene rings is 3. The monoisotopic (exact) mass is 526 g/mol. The second kappa shape index (κ2) is 9.30. The zero-order chi connectivity index (χ0) is 24.5. The van der Waals surface area contributed by atoms with Crippen LogP contribution in [0, 0.1) is 0 Å². The molecule has 0 heterocycles. The average molecular weight is 527 g/mol. The summed E-state index contributed by atoms with van der Waals surface area (Å²) in [7, 11) is -5.98. The molecule has 182 valence electrons. The third-order valence-electron chi connectivity index (χ3n) is 6.70. The first kappa shape index (κ1) is 25.2. The predicted molar refractivity (Wildman–Crippen MR) is 136 cm³/mol. The Balaban J connectivity index is 2.28. The number of thioether (sulfide) groups is 1. The molecule has 0 bridgehead atoms. The van der Waals surface area contributed by atoms with Crippen LogP contribution < -0.4 is 15.9 Å². The SMILES string of the molecule is CSC1CCCC1P(OS(=O)(=O)C(F)(F)F)(c1ccccc1)(c1ccccc1)c1ccccc1. The predicted octanol–water partition coefficient (Wildman–Crippen LogP) is 5.58. The van der Waals surface area contributed by atoms with Crippen LogP contribution in [0.5, 0.6) is 0 Å². The maximum absolute atomic E-state index is 14.0. The Kier molecular flexibility index (Phi) is 6.91. The molecule has 0 amide bonds. The molecule has 9 heteroatoms. The van der Waals surface area contributed by atoms with Crippen LogP contribution in [0.4, 0.5) is 13.2 Å². The number of hydrogen-bond acceptors (Lipinski definition) is 4. The minimum atomic E-state index is -5.98. The minimum absolute atomic E-state index is 0.0817. The van der Waals surface area contributed by atoms with Crippen molar-refractivity contribution in [1.82, 2.24) is 0 Å². The summed E-state index contributed by atoms with van der Waals surface area (Å²) in [6.45, 7) is -4.74. The van der Waals surface area contributed by atoms with Gasteiger partial charge in [-0.3, -0.25) is 0 Å². The van der Waals surface area contributed by atoms with Crippen LogP contribution in [-0.2, 0) is 14.1 Å². The van der Waals surface area contributed by atoms with Crippen LogP contribution in [0.1, 0.15) is 19.3 Å². The van der Waals surface area contributed by atoms with Crippen molar-refractivity contribution in [3.8, 4) is 0 Å². The summed E-state index contributed by atoms with van der Waals surface area (Å²) < 4.78 is 74.1. The van der Waals surface area contributed by atoms with Crippen molar-refractivity contribution in [2.24, 2.45) is 0 Å². The fourth-order valence-corrected chi connectivity index (χ4v) is 16.5. The molecule has 0 spiro atoms. The van der Waals surface area contributed by atoms with E-state index in [-0.39, 0.29) is 5.25 Å². The number of halogens is 3. The van der Waals surface area contributed by atoms with Crippen LogP contribution in [0.2, 0.25) is 0 Å². The molecule has 3 nitrogen and oxygen atoms in total. The summed E-state index contributed by atoms with van der Waals surface area (Å²) >= 11 is 1.56. The third-order valence-corrected chi connectivity index (χ3v) is 16.5. The van der Waals surface area contributed by atoms with Gasteiger partial charge in [0.2, 0.25) is 0 Å². The van der Waals surface area contributed by atoms with Gasteiger partial charge >= 0.3 is 203 Å². The third kappa shape index (κ3) is 3.79. The van der Waals surface area contributed by atoms with E-state index < -0.39 is 28.1 Å². The number of alkyl halides is 3. The van der Waals surface area contributed by atoms with Crippen LogP contribution in [0.15, 0.2) is 91.0 Å². The van der Waals surface area contributed by atoms with E-state index in [4.69, 9.17) is 3.97 Å². The Morgan fingerprint density at radius 2 is 1.21 bits per heavy atom. The molecule has 0 saturated heterocycles. The van der Waals surface area contributed by atoms with Gasteiger partial charge in [-0.05, 0) is 0 Å². The molecule has 34 heavy (non-hydrogen) atoms. The summed E-state index contributed by atoms with van der Waals surface area (Å²) in [6.07, 6.45) is 4.02. The Hall–Kier alpha value is -1.86. The van der Waals surface area contributed by atoms with Crippen molar-refractivity contribution in [3.05, 3.63) is 91.0 Å². The molecular formula is C25H26F3O3PS2. The molecule has 0 radical (unpaired) electrons. The molecule has 2 unspecified atom stereocenters. The molecule has 1 saturated carbocycles. The fourth-order valence-electron chi connectivity index (χ4n) is 5.37. The van der Waals surface area contributed by atoms with Crippen LogP contribution in [-0.4, -0.2) is 31.1 Å². The Labute approximate surface area is 202 Å². The molecule has 0 aromatic heterocycles. The zero-order valence-corrected chi connectivity index (χ0v) is 21.1. The summed E-state index contributed by atoms with van der Waals surface area (Å²) in [5.41, 5.74) is -6.03.